The van der Waals surface area contributed by atoms with Crippen molar-refractivity contribution >= 4 is 17.3 Å². The zero-order chi connectivity index (χ0) is 31.7. The molecule has 4 N–H and O–H groups in total. The minimum atomic E-state index is -1.46. The Morgan fingerprint density at radius 1 is 1.18 bits per heavy atom. The largest absolute Gasteiger partial charge is 0.492 e. The molecule has 0 amide bonds. The number of hydrogen-bond donors (Lipinski definition) is 3. The van der Waals surface area contributed by atoms with Crippen molar-refractivity contribution in [2.45, 2.75) is 70.2 Å². The predicted molar refractivity (Wildman–Crippen MR) is 165 cm³/mol. The second kappa shape index (κ2) is 10.8. The Kier molecular flexibility index (Phi) is 7.24. The van der Waals surface area contributed by atoms with Gasteiger partial charge in [0.15, 0.2) is 35.0 Å². The molecule has 0 bridgehead atoms. The van der Waals surface area contributed by atoms with Crippen LogP contribution in [0.2, 0.25) is 0 Å². The number of allylic oxidation sites excluding steroid dienone is 4. The van der Waals surface area contributed by atoms with Gasteiger partial charge in [-0.25, -0.2) is 0 Å². The van der Waals surface area contributed by atoms with Gasteiger partial charge in [-0.15, -0.1) is 0 Å². The van der Waals surface area contributed by atoms with E-state index in [9.17, 15) is 19.8 Å². The number of para-hydroxylation sites is 1. The third kappa shape index (κ3) is 4.35. The van der Waals surface area contributed by atoms with Crippen LogP contribution in [0.3, 0.4) is 0 Å². The number of nitrogens with two attached hydrogens (primary N) is 1. The van der Waals surface area contributed by atoms with Crippen molar-refractivity contribution in [3.05, 3.63) is 77.4 Å². The van der Waals surface area contributed by atoms with Crippen LogP contribution in [0.5, 0.6) is 11.5 Å². The number of carbonyl (C=O) groups is 2. The van der Waals surface area contributed by atoms with E-state index in [1.165, 1.54) is 0 Å². The quantitative estimate of drug-likeness (QED) is 0.386. The van der Waals surface area contributed by atoms with Gasteiger partial charge in [-0.2, -0.15) is 0 Å². The van der Waals surface area contributed by atoms with Gasteiger partial charge in [-0.05, 0) is 79.5 Å². The number of fused-ring (bicyclic) bond motifs is 7. The number of benzene rings is 2. The highest BCUT2D eigenvalue weighted by molar-refractivity contribution is 6.01. The fraction of sp³-hybridized carbons (Fsp3) is 0.500. The number of Topliss-reactive ketones (excluding diaryl/α,β-unsaturated/α-hetero) is 1. The number of anilines is 1. The van der Waals surface area contributed by atoms with E-state index in [0.29, 0.717) is 35.6 Å². The van der Waals surface area contributed by atoms with Crippen LogP contribution in [0.1, 0.15) is 56.9 Å². The van der Waals surface area contributed by atoms with Crippen LogP contribution in [0.4, 0.5) is 5.69 Å². The number of nitrogen functional groups attached to an aromatic ring is 1. The van der Waals surface area contributed by atoms with Crippen molar-refractivity contribution < 1.29 is 38.7 Å². The Labute approximate surface area is 263 Å². The average Bonchev–Trinajstić information content (AvgIpc) is 3.52. The summed E-state index contributed by atoms with van der Waals surface area (Å²) < 4.78 is 25.3. The average molecular weight is 616 g/mol. The SMILES string of the molecule is COc1c(OCc2cccc(N)c2)cccc1[C@@H]1O[C@@H]2C[C@H]3[C@@H]4CCC5=CC(=O)C=C[C@]5(C)[C@H]4[C@@H](O)C[C@]3(C)[C@]2(C(=O)CO)O1. The number of rotatable bonds is 7. The number of ketones is 2. The molecule has 9 nitrogen and oxygen atoms in total. The summed E-state index contributed by atoms with van der Waals surface area (Å²) in [4.78, 5) is 26.1. The van der Waals surface area contributed by atoms with E-state index in [2.05, 4.69) is 6.92 Å². The van der Waals surface area contributed by atoms with Gasteiger partial charge < -0.3 is 34.9 Å². The summed E-state index contributed by atoms with van der Waals surface area (Å²) in [5, 5.41) is 22.2. The van der Waals surface area contributed by atoms with E-state index in [-0.39, 0.29) is 30.1 Å². The first kappa shape index (κ1) is 30.2. The van der Waals surface area contributed by atoms with Gasteiger partial charge in [-0.3, -0.25) is 9.59 Å². The molecule has 1 heterocycles. The smallest absolute Gasteiger partial charge is 0.193 e. The fourth-order valence-corrected chi connectivity index (χ4v) is 9.72. The maximum Gasteiger partial charge on any atom is 0.193 e. The highest BCUT2D eigenvalue weighted by Gasteiger charge is 2.76. The maximum absolute atomic E-state index is 13.9. The lowest BCUT2D eigenvalue weighted by atomic mass is 9.46. The third-order valence-electron chi connectivity index (χ3n) is 11.6. The van der Waals surface area contributed by atoms with Gasteiger partial charge in [0, 0.05) is 22.4 Å². The molecule has 0 aromatic heterocycles. The molecular weight excluding hydrogens is 574 g/mol. The number of aliphatic hydroxyl groups is 2. The van der Waals surface area contributed by atoms with E-state index in [1.807, 2.05) is 49.4 Å². The topological polar surface area (TPSA) is 138 Å². The molecule has 1 saturated heterocycles. The molecule has 3 saturated carbocycles. The van der Waals surface area contributed by atoms with Gasteiger partial charge in [-0.1, -0.05) is 43.7 Å². The lowest BCUT2D eigenvalue weighted by Gasteiger charge is -2.59. The molecule has 45 heavy (non-hydrogen) atoms. The Morgan fingerprint density at radius 2 is 1.98 bits per heavy atom. The fourth-order valence-electron chi connectivity index (χ4n) is 9.72. The lowest BCUT2D eigenvalue weighted by molar-refractivity contribution is -0.201. The van der Waals surface area contributed by atoms with Crippen molar-refractivity contribution in [2.24, 2.45) is 28.6 Å². The Balaban J connectivity index is 1.21. The van der Waals surface area contributed by atoms with E-state index < -0.39 is 47.3 Å². The molecule has 0 spiro atoms. The van der Waals surface area contributed by atoms with Crippen LogP contribution < -0.4 is 15.2 Å². The number of aliphatic hydroxyl groups excluding tert-OH is 2. The summed E-state index contributed by atoms with van der Waals surface area (Å²) >= 11 is 0. The van der Waals surface area contributed by atoms with Crippen LogP contribution in [0.15, 0.2) is 66.3 Å². The van der Waals surface area contributed by atoms with Crippen LogP contribution in [0.25, 0.3) is 0 Å². The van der Waals surface area contributed by atoms with Crippen molar-refractivity contribution in [3.63, 3.8) is 0 Å². The molecule has 9 atom stereocenters. The van der Waals surface area contributed by atoms with E-state index in [1.54, 1.807) is 25.3 Å². The Bertz CT molecular complexity index is 1600. The second-order valence-electron chi connectivity index (χ2n) is 13.8. The molecule has 0 radical (unpaired) electrons. The molecule has 2 aromatic rings. The molecule has 0 unspecified atom stereocenters. The summed E-state index contributed by atoms with van der Waals surface area (Å²) in [6.45, 7) is 3.71. The molecule has 4 fully saturated rings. The Hall–Kier alpha value is -3.50. The van der Waals surface area contributed by atoms with Gasteiger partial charge in [0.1, 0.15) is 13.2 Å². The number of methoxy groups -OCH3 is 1. The second-order valence-corrected chi connectivity index (χ2v) is 13.8. The van der Waals surface area contributed by atoms with Gasteiger partial charge in [0.2, 0.25) is 0 Å². The van der Waals surface area contributed by atoms with Crippen molar-refractivity contribution in [3.8, 4) is 11.5 Å². The molecule has 238 valence electrons. The first-order chi connectivity index (χ1) is 21.6. The minimum absolute atomic E-state index is 0.00613. The summed E-state index contributed by atoms with van der Waals surface area (Å²) in [6, 6.07) is 12.9. The maximum atomic E-state index is 13.9. The predicted octanol–water partition coefficient (Wildman–Crippen LogP) is 4.46. The number of hydrogen-bond acceptors (Lipinski definition) is 9. The van der Waals surface area contributed by atoms with Crippen LogP contribution in [-0.2, 0) is 25.7 Å². The summed E-state index contributed by atoms with van der Waals surface area (Å²) in [5.74, 6) is 0.447. The van der Waals surface area contributed by atoms with E-state index in [4.69, 9.17) is 24.7 Å². The van der Waals surface area contributed by atoms with Crippen LogP contribution in [0, 0.1) is 28.6 Å². The zero-order valence-corrected chi connectivity index (χ0v) is 25.9. The first-order valence-electron chi connectivity index (χ1n) is 15.8. The Morgan fingerprint density at radius 3 is 2.73 bits per heavy atom. The van der Waals surface area contributed by atoms with Crippen molar-refractivity contribution in [1.82, 2.24) is 0 Å². The summed E-state index contributed by atoms with van der Waals surface area (Å²) in [6.07, 6.45) is 5.40. The van der Waals surface area contributed by atoms with E-state index >= 15 is 0 Å². The molecule has 4 aliphatic carbocycles. The standard InChI is InChI=1S/C36H41NO8/c1-34-13-12-23(39)15-21(34)10-11-24-26-16-30-36(29(41)18-38,35(26,2)17-27(40)31(24)34)45-33(44-30)25-8-5-9-28(32(25)42-3)43-19-20-6-4-7-22(37)14-20/h4-9,12-15,24,26-27,30-31,33,38,40H,10-11,16-19,37H2,1-3H3/t24-,26-,27-,30+,31+,33+,34-,35-,36+/m0/s1. The molecule has 2 aromatic carbocycles. The normalized spacial score (nSPS) is 38.1. The monoisotopic (exact) mass is 615 g/mol. The molecule has 7 rings (SSSR count). The van der Waals surface area contributed by atoms with Crippen LogP contribution >= 0.6 is 0 Å². The van der Waals surface area contributed by atoms with Crippen molar-refractivity contribution in [1.29, 1.82) is 0 Å². The highest BCUT2D eigenvalue weighted by Crippen LogP contribution is 2.70. The molecule has 1 aliphatic heterocycles. The molecule has 9 heteroatoms. The zero-order valence-electron chi connectivity index (χ0n) is 25.9. The number of ether oxygens (including phenoxy) is 4. The summed E-state index contributed by atoms with van der Waals surface area (Å²) in [5.41, 5.74) is 6.43. The van der Waals surface area contributed by atoms with Gasteiger partial charge in [0.25, 0.3) is 0 Å². The molecule has 5 aliphatic rings. The number of carbonyl (C=O) groups excluding carboxylic acids is 2. The van der Waals surface area contributed by atoms with Gasteiger partial charge in [0.05, 0.1) is 24.9 Å². The first-order valence-corrected chi connectivity index (χ1v) is 15.8. The van der Waals surface area contributed by atoms with Crippen molar-refractivity contribution in [2.75, 3.05) is 19.5 Å². The molecular formula is C36H41NO8. The van der Waals surface area contributed by atoms with E-state index in [0.717, 1.165) is 24.0 Å². The summed E-state index contributed by atoms with van der Waals surface area (Å²) in [7, 11) is 1.55. The highest BCUT2D eigenvalue weighted by atomic mass is 16.7. The van der Waals surface area contributed by atoms with Gasteiger partial charge >= 0.3 is 0 Å². The lowest BCUT2D eigenvalue weighted by Crippen LogP contribution is -2.63. The minimum Gasteiger partial charge on any atom is -0.492 e. The van der Waals surface area contributed by atoms with Crippen LogP contribution in [-0.4, -0.2) is 53.3 Å². The third-order valence-corrected chi connectivity index (χ3v) is 11.6.